The van der Waals surface area contributed by atoms with Crippen molar-refractivity contribution in [2.45, 2.75) is 52.0 Å². The first-order valence-corrected chi connectivity index (χ1v) is 8.96. The van der Waals surface area contributed by atoms with Gasteiger partial charge in [-0.15, -0.1) is 0 Å². The average molecular weight is 318 g/mol. The molecule has 0 bridgehead atoms. The van der Waals surface area contributed by atoms with Crippen LogP contribution in [0, 0.1) is 18.3 Å². The second-order valence-electron chi connectivity index (χ2n) is 7.69. The van der Waals surface area contributed by atoms with E-state index in [1.165, 1.54) is 19.3 Å². The first-order valence-electron chi connectivity index (χ1n) is 8.96. The fraction of sp³-hybridized carbons (Fsp3) is 0.824. The van der Waals surface area contributed by atoms with Gasteiger partial charge in [-0.1, -0.05) is 16.7 Å². The Balaban J connectivity index is 1.41. The van der Waals surface area contributed by atoms with Crippen LogP contribution in [0.5, 0.6) is 0 Å². The van der Waals surface area contributed by atoms with Crippen molar-refractivity contribution < 1.29 is 9.42 Å². The predicted molar refractivity (Wildman–Crippen MR) is 84.5 cm³/mol. The van der Waals surface area contributed by atoms with E-state index < -0.39 is 0 Å². The second kappa shape index (κ2) is 5.89. The fourth-order valence-corrected chi connectivity index (χ4v) is 4.39. The van der Waals surface area contributed by atoms with Crippen LogP contribution >= 0.6 is 0 Å². The molecule has 1 saturated carbocycles. The van der Waals surface area contributed by atoms with Gasteiger partial charge in [-0.3, -0.25) is 9.69 Å². The summed E-state index contributed by atoms with van der Waals surface area (Å²) in [6.45, 7) is 6.45. The van der Waals surface area contributed by atoms with Gasteiger partial charge in [0.25, 0.3) is 0 Å². The molecule has 3 heterocycles. The van der Waals surface area contributed by atoms with E-state index in [0.717, 1.165) is 69.3 Å². The van der Waals surface area contributed by atoms with Crippen LogP contribution in [0.1, 0.15) is 49.9 Å². The molecule has 1 unspecified atom stereocenters. The molecule has 3 fully saturated rings. The third-order valence-electron chi connectivity index (χ3n) is 6.08. The number of hydrogen-bond donors (Lipinski definition) is 0. The Labute approximate surface area is 137 Å². The largest absolute Gasteiger partial charge is 0.342 e. The third-order valence-corrected chi connectivity index (χ3v) is 6.08. The van der Waals surface area contributed by atoms with Crippen LogP contribution in [-0.2, 0) is 11.3 Å². The summed E-state index contributed by atoms with van der Waals surface area (Å²) in [6.07, 6.45) is 7.13. The predicted octanol–water partition coefficient (Wildman–Crippen LogP) is 1.99. The van der Waals surface area contributed by atoms with Crippen molar-refractivity contribution in [2.75, 3.05) is 26.2 Å². The van der Waals surface area contributed by atoms with Gasteiger partial charge in [0.05, 0.1) is 5.41 Å². The number of likely N-dealkylation sites (tertiary alicyclic amines) is 2. The van der Waals surface area contributed by atoms with Gasteiger partial charge in [0.15, 0.2) is 0 Å². The Kier molecular flexibility index (Phi) is 3.87. The summed E-state index contributed by atoms with van der Waals surface area (Å²) in [5.41, 5.74) is 1.61. The van der Waals surface area contributed by atoms with E-state index in [9.17, 15) is 4.79 Å². The number of carbonyl (C=O) groups is 1. The number of hydrogen-bond acceptors (Lipinski definition) is 5. The summed E-state index contributed by atoms with van der Waals surface area (Å²) in [5.74, 6) is 1.17. The van der Waals surface area contributed by atoms with E-state index in [0.29, 0.717) is 5.91 Å². The van der Waals surface area contributed by atoms with E-state index in [-0.39, 0.29) is 5.41 Å². The van der Waals surface area contributed by atoms with Crippen LogP contribution in [0.2, 0.25) is 0 Å². The molecule has 1 spiro atoms. The van der Waals surface area contributed by atoms with Gasteiger partial charge in [-0.05, 0) is 51.5 Å². The summed E-state index contributed by atoms with van der Waals surface area (Å²) in [5, 5.41) is 7.83. The number of aromatic nitrogens is 2. The van der Waals surface area contributed by atoms with E-state index in [4.69, 9.17) is 4.63 Å². The molecule has 0 N–H and O–H groups in total. The lowest BCUT2D eigenvalue weighted by Crippen LogP contribution is -2.51. The summed E-state index contributed by atoms with van der Waals surface area (Å²) in [4.78, 5) is 17.6. The van der Waals surface area contributed by atoms with Crippen LogP contribution in [-0.4, -0.2) is 52.2 Å². The average Bonchev–Trinajstić information content (AvgIpc) is 3.08. The Bertz CT molecular complexity index is 583. The molecule has 0 radical (unpaired) electrons. The Hall–Kier alpha value is -1.43. The number of carbonyl (C=O) groups excluding carboxylic acids is 1. The zero-order chi connectivity index (χ0) is 15.9. The number of rotatable bonds is 4. The molecule has 6 nitrogen and oxygen atoms in total. The van der Waals surface area contributed by atoms with Crippen molar-refractivity contribution in [3.63, 3.8) is 0 Å². The highest BCUT2D eigenvalue weighted by Gasteiger charge is 2.48. The fourth-order valence-electron chi connectivity index (χ4n) is 4.39. The van der Waals surface area contributed by atoms with Crippen LogP contribution in [0.4, 0.5) is 0 Å². The molecule has 0 aromatic carbocycles. The molecule has 1 amide bonds. The number of piperidine rings is 1. The quantitative estimate of drug-likeness (QED) is 0.849. The molecule has 1 aromatic heterocycles. The Morgan fingerprint density at radius 3 is 2.78 bits per heavy atom. The van der Waals surface area contributed by atoms with Gasteiger partial charge in [-0.25, -0.2) is 4.63 Å². The minimum absolute atomic E-state index is 0.146. The first-order chi connectivity index (χ1) is 11.2. The summed E-state index contributed by atoms with van der Waals surface area (Å²) in [6, 6.07) is 0. The monoisotopic (exact) mass is 318 g/mol. The van der Waals surface area contributed by atoms with Crippen LogP contribution < -0.4 is 0 Å². The summed E-state index contributed by atoms with van der Waals surface area (Å²) >= 11 is 0. The van der Waals surface area contributed by atoms with E-state index in [1.807, 2.05) is 6.92 Å². The van der Waals surface area contributed by atoms with Crippen LogP contribution in [0.25, 0.3) is 0 Å². The molecular formula is C17H26N4O2. The highest BCUT2D eigenvalue weighted by molar-refractivity contribution is 5.84. The summed E-state index contributed by atoms with van der Waals surface area (Å²) < 4.78 is 4.79. The number of nitrogens with zero attached hydrogens (tertiary/aromatic N) is 4. The lowest BCUT2D eigenvalue weighted by atomic mass is 9.77. The second-order valence-corrected chi connectivity index (χ2v) is 7.69. The highest BCUT2D eigenvalue weighted by atomic mass is 16.6. The maximum Gasteiger partial charge on any atom is 0.230 e. The van der Waals surface area contributed by atoms with Crippen LogP contribution in [0.15, 0.2) is 4.63 Å². The van der Waals surface area contributed by atoms with Gasteiger partial charge in [-0.2, -0.15) is 0 Å². The Morgan fingerprint density at radius 2 is 2.09 bits per heavy atom. The third kappa shape index (κ3) is 2.77. The van der Waals surface area contributed by atoms with Crippen molar-refractivity contribution >= 4 is 5.91 Å². The van der Waals surface area contributed by atoms with Crippen molar-refractivity contribution in [3.05, 3.63) is 11.4 Å². The molecule has 3 aliphatic rings. The standard InChI is InChI=1S/C17H26N4O2/c1-13-15(19-23-18-13)11-20-9-7-17(12-20)6-3-8-21(16(17)22)10-14-4-2-5-14/h14H,2-12H2,1H3. The molecule has 1 aliphatic carbocycles. The molecule has 1 atom stereocenters. The topological polar surface area (TPSA) is 62.5 Å². The van der Waals surface area contributed by atoms with Crippen molar-refractivity contribution in [3.8, 4) is 0 Å². The molecule has 126 valence electrons. The van der Waals surface area contributed by atoms with Gasteiger partial charge < -0.3 is 4.90 Å². The molecule has 6 heteroatoms. The minimum atomic E-state index is -0.146. The zero-order valence-corrected chi connectivity index (χ0v) is 14.0. The maximum absolute atomic E-state index is 13.1. The van der Waals surface area contributed by atoms with Crippen molar-refractivity contribution in [1.82, 2.24) is 20.1 Å². The van der Waals surface area contributed by atoms with Crippen molar-refractivity contribution in [2.24, 2.45) is 11.3 Å². The molecular weight excluding hydrogens is 292 g/mol. The van der Waals surface area contributed by atoms with E-state index in [2.05, 4.69) is 20.1 Å². The molecule has 23 heavy (non-hydrogen) atoms. The maximum atomic E-state index is 13.1. The normalized spacial score (nSPS) is 29.4. The minimum Gasteiger partial charge on any atom is -0.342 e. The summed E-state index contributed by atoms with van der Waals surface area (Å²) in [7, 11) is 0. The Morgan fingerprint density at radius 1 is 1.22 bits per heavy atom. The van der Waals surface area contributed by atoms with E-state index in [1.54, 1.807) is 0 Å². The van der Waals surface area contributed by atoms with Gasteiger partial charge in [0, 0.05) is 26.2 Å². The van der Waals surface area contributed by atoms with Crippen molar-refractivity contribution in [1.29, 1.82) is 0 Å². The molecule has 1 aromatic rings. The molecule has 4 rings (SSSR count). The lowest BCUT2D eigenvalue weighted by molar-refractivity contribution is -0.146. The smallest absolute Gasteiger partial charge is 0.230 e. The van der Waals surface area contributed by atoms with Gasteiger partial charge >= 0.3 is 0 Å². The van der Waals surface area contributed by atoms with E-state index >= 15 is 0 Å². The SMILES string of the molecule is Cc1nonc1CN1CCC2(CCCN(CC3CCC3)C2=O)C1. The zero-order valence-electron chi connectivity index (χ0n) is 14.0. The number of amides is 1. The van der Waals surface area contributed by atoms with Gasteiger partial charge in [0.2, 0.25) is 5.91 Å². The lowest BCUT2D eigenvalue weighted by Gasteiger charge is -2.42. The first kappa shape index (κ1) is 15.1. The highest BCUT2D eigenvalue weighted by Crippen LogP contribution is 2.41. The van der Waals surface area contributed by atoms with Crippen LogP contribution in [0.3, 0.4) is 0 Å². The van der Waals surface area contributed by atoms with Gasteiger partial charge in [0.1, 0.15) is 11.4 Å². The number of aryl methyl sites for hydroxylation is 1. The molecule has 2 aliphatic heterocycles. The molecule has 2 saturated heterocycles.